The van der Waals surface area contributed by atoms with Crippen LogP contribution in [-0.4, -0.2) is 12.6 Å². The van der Waals surface area contributed by atoms with Crippen molar-refractivity contribution in [2.45, 2.75) is 58.7 Å². The summed E-state index contributed by atoms with van der Waals surface area (Å²) in [6.07, 6.45) is 7.32. The molecule has 5 nitrogen and oxygen atoms in total. The molecule has 0 heterocycles. The molecule has 0 amide bonds. The molecule has 4 aromatic carbocycles. The highest BCUT2D eigenvalue weighted by Gasteiger charge is 2.17. The van der Waals surface area contributed by atoms with E-state index < -0.39 is 5.97 Å². The minimum absolute atomic E-state index is 0.313. The largest absolute Gasteiger partial charge is 0.494 e. The van der Waals surface area contributed by atoms with Gasteiger partial charge in [-0.15, -0.1) is 0 Å². The highest BCUT2D eigenvalue weighted by atomic mass is 16.5. The van der Waals surface area contributed by atoms with Crippen LogP contribution in [0.15, 0.2) is 103 Å². The zero-order valence-corrected chi connectivity index (χ0v) is 23.2. The Kier molecular flexibility index (Phi) is 11.5. The van der Waals surface area contributed by atoms with Crippen molar-refractivity contribution in [1.82, 2.24) is 0 Å². The Bertz CT molecular complexity index is 1290. The smallest absolute Gasteiger partial charge is 0.347 e. The van der Waals surface area contributed by atoms with Crippen LogP contribution in [0.1, 0.15) is 66.9 Å². The number of ether oxygens (including phenoxy) is 4. The summed E-state index contributed by atoms with van der Waals surface area (Å²) in [5.74, 6) is 1.71. The molecule has 0 bridgehead atoms. The molecule has 0 aliphatic heterocycles. The zero-order chi connectivity index (χ0) is 27.8. The summed E-state index contributed by atoms with van der Waals surface area (Å²) < 4.78 is 23.6. The summed E-state index contributed by atoms with van der Waals surface area (Å²) in [5.41, 5.74) is 2.37. The minimum Gasteiger partial charge on any atom is -0.494 e. The van der Waals surface area contributed by atoms with Crippen LogP contribution in [0, 0.1) is 0 Å². The number of esters is 1. The van der Waals surface area contributed by atoms with Crippen molar-refractivity contribution in [3.63, 3.8) is 0 Å². The Morgan fingerprint density at radius 3 is 1.82 bits per heavy atom. The second kappa shape index (κ2) is 16.0. The molecule has 40 heavy (non-hydrogen) atoms. The third kappa shape index (κ3) is 9.49. The first-order valence-electron chi connectivity index (χ1n) is 14.1. The van der Waals surface area contributed by atoms with Gasteiger partial charge in [0.25, 0.3) is 0 Å². The normalized spacial score (nSPS) is 10.6. The van der Waals surface area contributed by atoms with E-state index in [0.29, 0.717) is 42.6 Å². The average Bonchev–Trinajstić information content (AvgIpc) is 3.00. The number of hydrogen-bond donors (Lipinski definition) is 0. The van der Waals surface area contributed by atoms with Crippen LogP contribution in [-0.2, 0) is 13.2 Å². The van der Waals surface area contributed by atoms with E-state index in [1.165, 1.54) is 32.1 Å². The lowest BCUT2D eigenvalue weighted by atomic mass is 10.1. The molecule has 0 saturated carbocycles. The van der Waals surface area contributed by atoms with Crippen molar-refractivity contribution in [3.8, 4) is 23.0 Å². The number of carbonyl (C=O) groups excluding carboxylic acids is 1. The first-order valence-corrected chi connectivity index (χ1v) is 14.1. The molecule has 4 rings (SSSR count). The molecular formula is C35H38O5. The van der Waals surface area contributed by atoms with Crippen LogP contribution in [0.25, 0.3) is 0 Å². The summed E-state index contributed by atoms with van der Waals surface area (Å²) in [6.45, 7) is 3.64. The lowest BCUT2D eigenvalue weighted by Gasteiger charge is -2.14. The standard InChI is InChI=1S/C35H38O5/c1-2-3-4-5-6-13-24-37-30-18-20-31(21-19-30)40-35(36)33-23-22-32(38-26-28-14-9-7-10-15-28)25-34(33)39-27-29-16-11-8-12-17-29/h7-12,14-23,25H,2-6,13,24,26-27H2,1H3. The number of unbranched alkanes of at least 4 members (excludes halogenated alkanes) is 5. The molecule has 0 atom stereocenters. The molecule has 0 radical (unpaired) electrons. The van der Waals surface area contributed by atoms with Gasteiger partial charge in [-0.3, -0.25) is 0 Å². The van der Waals surface area contributed by atoms with Gasteiger partial charge in [-0.2, -0.15) is 0 Å². The highest BCUT2D eigenvalue weighted by molar-refractivity contribution is 5.94. The van der Waals surface area contributed by atoms with Crippen molar-refractivity contribution >= 4 is 5.97 Å². The fourth-order valence-electron chi connectivity index (χ4n) is 4.20. The number of rotatable bonds is 16. The molecule has 0 aliphatic carbocycles. The van der Waals surface area contributed by atoms with Crippen LogP contribution >= 0.6 is 0 Å². The fraction of sp³-hybridized carbons (Fsp3) is 0.286. The van der Waals surface area contributed by atoms with Crippen molar-refractivity contribution in [3.05, 3.63) is 120 Å². The Morgan fingerprint density at radius 1 is 0.575 bits per heavy atom. The van der Waals surface area contributed by atoms with E-state index >= 15 is 0 Å². The summed E-state index contributed by atoms with van der Waals surface area (Å²) in [4.78, 5) is 13.2. The van der Waals surface area contributed by atoms with Gasteiger partial charge in [0.15, 0.2) is 0 Å². The van der Waals surface area contributed by atoms with E-state index in [4.69, 9.17) is 18.9 Å². The quantitative estimate of drug-likeness (QED) is 0.0810. The van der Waals surface area contributed by atoms with E-state index in [2.05, 4.69) is 6.92 Å². The Morgan fingerprint density at radius 2 is 1.15 bits per heavy atom. The van der Waals surface area contributed by atoms with Crippen LogP contribution in [0.4, 0.5) is 0 Å². The van der Waals surface area contributed by atoms with Gasteiger partial charge in [0.1, 0.15) is 41.8 Å². The van der Waals surface area contributed by atoms with Crippen LogP contribution in [0.2, 0.25) is 0 Å². The Hall–Kier alpha value is -4.25. The van der Waals surface area contributed by atoms with Gasteiger partial charge in [0.2, 0.25) is 0 Å². The summed E-state index contributed by atoms with van der Waals surface area (Å²) in [6, 6.07) is 32.1. The van der Waals surface area contributed by atoms with Gasteiger partial charge in [0, 0.05) is 6.07 Å². The van der Waals surface area contributed by atoms with Crippen molar-refractivity contribution in [2.75, 3.05) is 6.61 Å². The Balaban J connectivity index is 1.37. The summed E-state index contributed by atoms with van der Waals surface area (Å²) >= 11 is 0. The molecule has 4 aromatic rings. The number of benzene rings is 4. The van der Waals surface area contributed by atoms with Gasteiger partial charge in [-0.25, -0.2) is 4.79 Å². The maximum atomic E-state index is 13.2. The number of hydrogen-bond acceptors (Lipinski definition) is 5. The van der Waals surface area contributed by atoms with E-state index in [1.807, 2.05) is 72.8 Å². The van der Waals surface area contributed by atoms with E-state index in [-0.39, 0.29) is 0 Å². The lowest BCUT2D eigenvalue weighted by Crippen LogP contribution is -2.11. The monoisotopic (exact) mass is 538 g/mol. The molecule has 0 spiro atoms. The molecule has 0 aromatic heterocycles. The van der Waals surface area contributed by atoms with Crippen molar-refractivity contribution in [1.29, 1.82) is 0 Å². The first-order chi connectivity index (χ1) is 19.7. The highest BCUT2D eigenvalue weighted by Crippen LogP contribution is 2.28. The predicted octanol–water partition coefficient (Wildman–Crippen LogP) is 8.80. The second-order valence-electron chi connectivity index (χ2n) is 9.68. The van der Waals surface area contributed by atoms with Gasteiger partial charge in [-0.1, -0.05) is 99.7 Å². The van der Waals surface area contributed by atoms with Crippen LogP contribution in [0.5, 0.6) is 23.0 Å². The minimum atomic E-state index is -0.501. The SMILES string of the molecule is CCCCCCCCOc1ccc(OC(=O)c2ccc(OCc3ccccc3)cc2OCc2ccccc2)cc1. The van der Waals surface area contributed by atoms with Crippen LogP contribution < -0.4 is 18.9 Å². The van der Waals surface area contributed by atoms with Crippen molar-refractivity contribution < 1.29 is 23.7 Å². The van der Waals surface area contributed by atoms with Crippen LogP contribution in [0.3, 0.4) is 0 Å². The topological polar surface area (TPSA) is 54.0 Å². The predicted molar refractivity (Wildman–Crippen MR) is 158 cm³/mol. The average molecular weight is 539 g/mol. The molecule has 0 aliphatic rings. The maximum Gasteiger partial charge on any atom is 0.347 e. The molecule has 0 fully saturated rings. The third-order valence-corrected chi connectivity index (χ3v) is 6.46. The third-order valence-electron chi connectivity index (χ3n) is 6.46. The van der Waals surface area contributed by atoms with E-state index in [9.17, 15) is 4.79 Å². The zero-order valence-electron chi connectivity index (χ0n) is 23.2. The molecular weight excluding hydrogens is 500 g/mol. The molecule has 0 N–H and O–H groups in total. The van der Waals surface area contributed by atoms with Gasteiger partial charge in [-0.05, 0) is 53.9 Å². The first kappa shape index (κ1) is 28.8. The summed E-state index contributed by atoms with van der Waals surface area (Å²) in [5, 5.41) is 0. The summed E-state index contributed by atoms with van der Waals surface area (Å²) in [7, 11) is 0. The lowest BCUT2D eigenvalue weighted by molar-refractivity contribution is 0.0729. The molecule has 0 saturated heterocycles. The van der Waals surface area contributed by atoms with Gasteiger partial charge in [0.05, 0.1) is 6.61 Å². The van der Waals surface area contributed by atoms with Gasteiger partial charge >= 0.3 is 5.97 Å². The molecule has 0 unspecified atom stereocenters. The molecule has 208 valence electrons. The van der Waals surface area contributed by atoms with E-state index in [0.717, 1.165) is 23.3 Å². The Labute approximate surface area is 237 Å². The van der Waals surface area contributed by atoms with Crippen molar-refractivity contribution in [2.24, 2.45) is 0 Å². The van der Waals surface area contributed by atoms with E-state index in [1.54, 1.807) is 30.3 Å². The fourth-order valence-corrected chi connectivity index (χ4v) is 4.20. The maximum absolute atomic E-state index is 13.2. The number of carbonyl (C=O) groups is 1. The van der Waals surface area contributed by atoms with Gasteiger partial charge < -0.3 is 18.9 Å². The second-order valence-corrected chi connectivity index (χ2v) is 9.68. The molecule has 5 heteroatoms.